The summed E-state index contributed by atoms with van der Waals surface area (Å²) in [5, 5.41) is 0.995. The number of sulfonamides is 1. The second kappa shape index (κ2) is 7.16. The second-order valence-corrected chi connectivity index (χ2v) is 11.3. The van der Waals surface area contributed by atoms with Gasteiger partial charge < -0.3 is 4.98 Å². The molecule has 0 spiro atoms. The standard InChI is InChI=1S/C19H23N3O4S2/c1-13-12-18-17(6-9-20-19(18)21-13)14-2-4-16(5-3-14)28(25,26)22-15-7-10-27(23,24)11-8-15/h2-6,9,12,15,22-24H,7-8,10-11H2,1H3,(H,20,21). The van der Waals surface area contributed by atoms with Crippen molar-refractivity contribution in [2.45, 2.75) is 30.7 Å². The first-order valence-electron chi connectivity index (χ1n) is 9.04. The van der Waals surface area contributed by atoms with E-state index in [0.717, 1.165) is 27.9 Å². The molecule has 2 aromatic heterocycles. The molecule has 0 radical (unpaired) electrons. The fourth-order valence-electron chi connectivity index (χ4n) is 3.54. The van der Waals surface area contributed by atoms with Crippen LogP contribution in [0.1, 0.15) is 18.5 Å². The van der Waals surface area contributed by atoms with Crippen molar-refractivity contribution in [1.82, 2.24) is 14.7 Å². The number of aromatic amines is 1. The summed E-state index contributed by atoms with van der Waals surface area (Å²) in [7, 11) is -6.19. The van der Waals surface area contributed by atoms with Gasteiger partial charge in [-0.3, -0.25) is 9.11 Å². The van der Waals surface area contributed by atoms with Crippen LogP contribution >= 0.6 is 10.6 Å². The van der Waals surface area contributed by atoms with E-state index in [-0.39, 0.29) is 22.4 Å². The number of nitrogens with one attached hydrogen (secondary N) is 2. The summed E-state index contributed by atoms with van der Waals surface area (Å²) in [5.41, 5.74) is 3.72. The molecule has 1 aliphatic heterocycles. The highest BCUT2D eigenvalue weighted by Gasteiger charge is 2.27. The molecule has 4 rings (SSSR count). The van der Waals surface area contributed by atoms with E-state index in [4.69, 9.17) is 0 Å². The Morgan fingerprint density at radius 2 is 1.82 bits per heavy atom. The lowest BCUT2D eigenvalue weighted by Gasteiger charge is -2.39. The van der Waals surface area contributed by atoms with Crippen LogP contribution in [0.15, 0.2) is 47.5 Å². The summed E-state index contributed by atoms with van der Waals surface area (Å²) in [4.78, 5) is 7.73. The van der Waals surface area contributed by atoms with Crippen LogP contribution in [0.2, 0.25) is 0 Å². The minimum Gasteiger partial charge on any atom is -0.344 e. The maximum absolute atomic E-state index is 12.7. The molecule has 0 atom stereocenters. The smallest absolute Gasteiger partial charge is 0.240 e. The summed E-state index contributed by atoms with van der Waals surface area (Å²) in [5.74, 6) is 0.487. The van der Waals surface area contributed by atoms with Crippen molar-refractivity contribution >= 4 is 31.6 Å². The van der Waals surface area contributed by atoms with Crippen LogP contribution in [0.3, 0.4) is 0 Å². The van der Waals surface area contributed by atoms with E-state index >= 15 is 0 Å². The molecule has 0 unspecified atom stereocenters. The normalized spacial score (nSPS) is 19.0. The zero-order valence-electron chi connectivity index (χ0n) is 15.4. The van der Waals surface area contributed by atoms with Crippen LogP contribution in [-0.4, -0.2) is 45.0 Å². The van der Waals surface area contributed by atoms with Crippen LogP contribution < -0.4 is 4.72 Å². The van der Waals surface area contributed by atoms with Crippen molar-refractivity contribution in [3.8, 4) is 11.1 Å². The number of nitrogens with zero attached hydrogens (tertiary/aromatic N) is 1. The van der Waals surface area contributed by atoms with Crippen molar-refractivity contribution in [2.24, 2.45) is 0 Å². The molecule has 0 saturated carbocycles. The van der Waals surface area contributed by atoms with E-state index in [9.17, 15) is 17.5 Å². The Morgan fingerprint density at radius 3 is 2.50 bits per heavy atom. The number of fused-ring (bicyclic) bond motifs is 1. The topological polar surface area (TPSA) is 115 Å². The van der Waals surface area contributed by atoms with Crippen LogP contribution in [0.5, 0.6) is 0 Å². The number of hydrogen-bond donors (Lipinski definition) is 4. The van der Waals surface area contributed by atoms with E-state index in [1.54, 1.807) is 30.5 Å². The number of pyridine rings is 1. The Morgan fingerprint density at radius 1 is 1.14 bits per heavy atom. The van der Waals surface area contributed by atoms with Crippen LogP contribution in [-0.2, 0) is 10.0 Å². The molecule has 4 N–H and O–H groups in total. The van der Waals surface area contributed by atoms with Gasteiger partial charge in [-0.1, -0.05) is 12.1 Å². The molecule has 0 bridgehead atoms. The fourth-order valence-corrected chi connectivity index (χ4v) is 6.37. The molecule has 3 heterocycles. The zero-order valence-corrected chi connectivity index (χ0v) is 17.1. The average Bonchev–Trinajstić information content (AvgIpc) is 3.04. The van der Waals surface area contributed by atoms with Gasteiger partial charge in [0.15, 0.2) is 0 Å². The van der Waals surface area contributed by atoms with Crippen LogP contribution in [0.25, 0.3) is 22.2 Å². The van der Waals surface area contributed by atoms with Gasteiger partial charge in [0.2, 0.25) is 10.0 Å². The Kier molecular flexibility index (Phi) is 4.96. The first-order valence-corrected chi connectivity index (χ1v) is 12.4. The maximum atomic E-state index is 12.7. The second-order valence-electron chi connectivity index (χ2n) is 7.20. The predicted molar refractivity (Wildman–Crippen MR) is 112 cm³/mol. The lowest BCUT2D eigenvalue weighted by Crippen LogP contribution is -2.39. The van der Waals surface area contributed by atoms with Crippen LogP contribution in [0, 0.1) is 6.92 Å². The number of aromatic nitrogens is 2. The molecule has 150 valence electrons. The SMILES string of the molecule is Cc1cc2c(-c3ccc(S(=O)(=O)NC4CCS(O)(O)CC4)cc3)ccnc2[nH]1. The lowest BCUT2D eigenvalue weighted by molar-refractivity contribution is 0.444. The summed E-state index contributed by atoms with van der Waals surface area (Å²) in [6.45, 7) is 1.97. The van der Waals surface area contributed by atoms with Crippen molar-refractivity contribution in [1.29, 1.82) is 0 Å². The number of hydrogen-bond acceptors (Lipinski definition) is 5. The van der Waals surface area contributed by atoms with E-state index in [1.807, 2.05) is 19.1 Å². The lowest BCUT2D eigenvalue weighted by atomic mass is 10.0. The molecule has 7 nitrogen and oxygen atoms in total. The van der Waals surface area contributed by atoms with Gasteiger partial charge in [-0.15, -0.1) is 0 Å². The molecule has 1 aromatic carbocycles. The molecular formula is C19H23N3O4S2. The van der Waals surface area contributed by atoms with Crippen molar-refractivity contribution in [2.75, 3.05) is 11.5 Å². The predicted octanol–water partition coefficient (Wildman–Crippen LogP) is 3.73. The highest BCUT2D eigenvalue weighted by atomic mass is 32.3. The van der Waals surface area contributed by atoms with E-state index in [0.29, 0.717) is 12.8 Å². The van der Waals surface area contributed by atoms with Gasteiger partial charge in [0, 0.05) is 34.8 Å². The highest BCUT2D eigenvalue weighted by molar-refractivity contribution is 8.24. The van der Waals surface area contributed by atoms with E-state index in [2.05, 4.69) is 14.7 Å². The number of H-pyrrole nitrogens is 1. The molecule has 3 aromatic rings. The number of benzene rings is 1. The highest BCUT2D eigenvalue weighted by Crippen LogP contribution is 2.44. The molecule has 1 saturated heterocycles. The molecule has 9 heteroatoms. The van der Waals surface area contributed by atoms with Gasteiger partial charge in [0.25, 0.3) is 0 Å². The minimum absolute atomic E-state index is 0.198. The van der Waals surface area contributed by atoms with Gasteiger partial charge in [0.05, 0.1) is 4.90 Å². The van der Waals surface area contributed by atoms with E-state index < -0.39 is 20.6 Å². The van der Waals surface area contributed by atoms with Gasteiger partial charge in [0.1, 0.15) is 5.65 Å². The third-order valence-electron chi connectivity index (χ3n) is 5.05. The summed E-state index contributed by atoms with van der Waals surface area (Å²) in [6.07, 6.45) is 2.59. The third-order valence-corrected chi connectivity index (χ3v) is 8.37. The van der Waals surface area contributed by atoms with Gasteiger partial charge in [-0.05, 0) is 55.2 Å². The summed E-state index contributed by atoms with van der Waals surface area (Å²) < 4.78 is 47.4. The van der Waals surface area contributed by atoms with Crippen LogP contribution in [0.4, 0.5) is 0 Å². The molecule has 1 fully saturated rings. The molecule has 0 amide bonds. The minimum atomic E-state index is -3.66. The van der Waals surface area contributed by atoms with Crippen molar-refractivity contribution < 1.29 is 17.5 Å². The first kappa shape index (κ1) is 19.4. The Bertz CT molecular complexity index is 1100. The van der Waals surface area contributed by atoms with E-state index in [1.165, 1.54) is 0 Å². The van der Waals surface area contributed by atoms with Gasteiger partial charge in [-0.2, -0.15) is 10.6 Å². The van der Waals surface area contributed by atoms with Crippen molar-refractivity contribution in [3.05, 3.63) is 48.3 Å². The van der Waals surface area contributed by atoms with Gasteiger partial charge in [-0.25, -0.2) is 18.1 Å². The number of rotatable bonds is 4. The average molecular weight is 422 g/mol. The number of aryl methyl sites for hydroxylation is 1. The molecular weight excluding hydrogens is 398 g/mol. The Balaban J connectivity index is 1.55. The molecule has 28 heavy (non-hydrogen) atoms. The van der Waals surface area contributed by atoms with Crippen molar-refractivity contribution in [3.63, 3.8) is 0 Å². The zero-order chi connectivity index (χ0) is 19.9. The quantitative estimate of drug-likeness (QED) is 0.512. The summed E-state index contributed by atoms with van der Waals surface area (Å²) >= 11 is 0. The Labute approximate surface area is 165 Å². The largest absolute Gasteiger partial charge is 0.344 e. The summed E-state index contributed by atoms with van der Waals surface area (Å²) in [6, 6.07) is 10.5. The Hall–Kier alpha value is -1.91. The fraction of sp³-hybridized carbons (Fsp3) is 0.316. The monoisotopic (exact) mass is 421 g/mol. The van der Waals surface area contributed by atoms with Gasteiger partial charge >= 0.3 is 0 Å². The third kappa shape index (κ3) is 3.94. The molecule has 0 aliphatic carbocycles. The maximum Gasteiger partial charge on any atom is 0.240 e. The molecule has 1 aliphatic rings. The first-order chi connectivity index (χ1) is 13.2.